The Morgan fingerprint density at radius 3 is 2.31 bits per heavy atom. The SMILES string of the molecule is CCN(CCc1ccncc1)C(=O)C(=O)NCCc1ccc(OC)cc1. The van der Waals surface area contributed by atoms with Gasteiger partial charge in [0.05, 0.1) is 7.11 Å². The molecule has 1 aromatic heterocycles. The van der Waals surface area contributed by atoms with Crippen molar-refractivity contribution in [2.75, 3.05) is 26.7 Å². The normalized spacial score (nSPS) is 10.2. The topological polar surface area (TPSA) is 71.5 Å². The molecule has 0 saturated heterocycles. The molecule has 0 aliphatic heterocycles. The molecule has 0 saturated carbocycles. The molecule has 0 bridgehead atoms. The lowest BCUT2D eigenvalue weighted by atomic mass is 10.1. The van der Waals surface area contributed by atoms with Crippen molar-refractivity contribution in [1.29, 1.82) is 0 Å². The lowest BCUT2D eigenvalue weighted by molar-refractivity contribution is -0.145. The Hall–Kier alpha value is -2.89. The molecule has 26 heavy (non-hydrogen) atoms. The number of ether oxygens (including phenoxy) is 1. The van der Waals surface area contributed by atoms with E-state index in [0.29, 0.717) is 32.5 Å². The minimum atomic E-state index is -0.560. The van der Waals surface area contributed by atoms with E-state index < -0.39 is 11.8 Å². The maximum Gasteiger partial charge on any atom is 0.311 e. The number of rotatable bonds is 8. The standard InChI is InChI=1S/C20H25N3O3/c1-3-23(15-11-17-8-12-21-13-9-17)20(25)19(24)22-14-10-16-4-6-18(26-2)7-5-16/h4-9,12-13H,3,10-11,14-15H2,1-2H3,(H,22,24). The smallest absolute Gasteiger partial charge is 0.311 e. The summed E-state index contributed by atoms with van der Waals surface area (Å²) in [6.45, 7) is 3.29. The van der Waals surface area contributed by atoms with Crippen molar-refractivity contribution in [1.82, 2.24) is 15.2 Å². The van der Waals surface area contributed by atoms with E-state index in [-0.39, 0.29) is 0 Å². The number of nitrogens with zero attached hydrogens (tertiary/aromatic N) is 2. The van der Waals surface area contributed by atoms with E-state index in [0.717, 1.165) is 16.9 Å². The van der Waals surface area contributed by atoms with Crippen LogP contribution in [-0.2, 0) is 22.4 Å². The van der Waals surface area contributed by atoms with Crippen molar-refractivity contribution in [3.8, 4) is 5.75 Å². The Balaban J connectivity index is 1.77. The van der Waals surface area contributed by atoms with Crippen LogP contribution in [0, 0.1) is 0 Å². The van der Waals surface area contributed by atoms with Gasteiger partial charge < -0.3 is 15.0 Å². The van der Waals surface area contributed by atoms with E-state index in [9.17, 15) is 9.59 Å². The lowest BCUT2D eigenvalue weighted by Crippen LogP contribution is -2.44. The number of pyridine rings is 1. The third kappa shape index (κ3) is 5.88. The molecule has 0 aliphatic carbocycles. The predicted octanol–water partition coefficient (Wildman–Crippen LogP) is 1.84. The second-order valence-corrected chi connectivity index (χ2v) is 5.84. The molecule has 0 spiro atoms. The highest BCUT2D eigenvalue weighted by atomic mass is 16.5. The fourth-order valence-electron chi connectivity index (χ4n) is 2.55. The zero-order valence-electron chi connectivity index (χ0n) is 15.3. The molecular weight excluding hydrogens is 330 g/mol. The van der Waals surface area contributed by atoms with E-state index in [1.807, 2.05) is 43.3 Å². The molecule has 1 heterocycles. The molecule has 6 nitrogen and oxygen atoms in total. The third-order valence-corrected chi connectivity index (χ3v) is 4.14. The first-order valence-electron chi connectivity index (χ1n) is 8.73. The number of methoxy groups -OCH3 is 1. The van der Waals surface area contributed by atoms with Gasteiger partial charge in [0.15, 0.2) is 0 Å². The zero-order valence-corrected chi connectivity index (χ0v) is 15.3. The first-order valence-corrected chi connectivity index (χ1v) is 8.73. The highest BCUT2D eigenvalue weighted by Crippen LogP contribution is 2.11. The summed E-state index contributed by atoms with van der Waals surface area (Å²) in [6.07, 6.45) is 4.80. The Morgan fingerprint density at radius 2 is 1.69 bits per heavy atom. The Bertz CT molecular complexity index is 702. The maximum absolute atomic E-state index is 12.3. The van der Waals surface area contributed by atoms with Gasteiger partial charge in [-0.05, 0) is 55.2 Å². The average Bonchev–Trinajstić information content (AvgIpc) is 2.69. The second-order valence-electron chi connectivity index (χ2n) is 5.84. The minimum absolute atomic E-state index is 0.415. The van der Waals surface area contributed by atoms with Crippen LogP contribution in [0.25, 0.3) is 0 Å². The molecular formula is C20H25N3O3. The summed E-state index contributed by atoms with van der Waals surface area (Å²) < 4.78 is 5.11. The number of nitrogens with one attached hydrogen (secondary N) is 1. The number of hydrogen-bond donors (Lipinski definition) is 1. The van der Waals surface area contributed by atoms with Crippen LogP contribution in [0.4, 0.5) is 0 Å². The first-order chi connectivity index (χ1) is 12.6. The summed E-state index contributed by atoms with van der Waals surface area (Å²) in [4.78, 5) is 30.0. The van der Waals surface area contributed by atoms with Crippen LogP contribution in [0.5, 0.6) is 5.75 Å². The number of aromatic nitrogens is 1. The van der Waals surface area contributed by atoms with Crippen LogP contribution in [0.15, 0.2) is 48.8 Å². The van der Waals surface area contributed by atoms with E-state index in [1.165, 1.54) is 0 Å². The van der Waals surface area contributed by atoms with Crippen LogP contribution in [0.2, 0.25) is 0 Å². The summed E-state index contributed by atoms with van der Waals surface area (Å²) in [5.74, 6) is -0.257. The number of carbonyl (C=O) groups is 2. The predicted molar refractivity (Wildman–Crippen MR) is 99.9 cm³/mol. The molecule has 0 fully saturated rings. The van der Waals surface area contributed by atoms with Gasteiger partial charge in [0.1, 0.15) is 5.75 Å². The molecule has 6 heteroatoms. The van der Waals surface area contributed by atoms with Crippen LogP contribution in [0.3, 0.4) is 0 Å². The van der Waals surface area contributed by atoms with E-state index >= 15 is 0 Å². The minimum Gasteiger partial charge on any atom is -0.497 e. The van der Waals surface area contributed by atoms with Crippen LogP contribution >= 0.6 is 0 Å². The summed E-state index contributed by atoms with van der Waals surface area (Å²) in [5, 5.41) is 2.70. The summed E-state index contributed by atoms with van der Waals surface area (Å²) in [7, 11) is 1.62. The van der Waals surface area contributed by atoms with Crippen molar-refractivity contribution in [2.45, 2.75) is 19.8 Å². The Morgan fingerprint density at radius 1 is 1.04 bits per heavy atom. The maximum atomic E-state index is 12.3. The number of carbonyl (C=O) groups excluding carboxylic acids is 2. The molecule has 138 valence electrons. The third-order valence-electron chi connectivity index (χ3n) is 4.14. The largest absolute Gasteiger partial charge is 0.497 e. The van der Waals surface area contributed by atoms with Gasteiger partial charge in [0.2, 0.25) is 0 Å². The number of hydrogen-bond acceptors (Lipinski definition) is 4. The van der Waals surface area contributed by atoms with Crippen molar-refractivity contribution >= 4 is 11.8 Å². The van der Waals surface area contributed by atoms with Gasteiger partial charge in [-0.1, -0.05) is 12.1 Å². The number of likely N-dealkylation sites (N-methyl/N-ethyl adjacent to an activating group) is 1. The van der Waals surface area contributed by atoms with Gasteiger partial charge in [0.25, 0.3) is 0 Å². The molecule has 0 radical (unpaired) electrons. The highest BCUT2D eigenvalue weighted by Gasteiger charge is 2.19. The fraction of sp³-hybridized carbons (Fsp3) is 0.350. The molecule has 2 rings (SSSR count). The van der Waals surface area contributed by atoms with Crippen LogP contribution in [0.1, 0.15) is 18.1 Å². The summed E-state index contributed by atoms with van der Waals surface area (Å²) in [6, 6.07) is 11.5. The van der Waals surface area contributed by atoms with Crippen LogP contribution < -0.4 is 10.1 Å². The van der Waals surface area contributed by atoms with Gasteiger partial charge in [-0.15, -0.1) is 0 Å². The summed E-state index contributed by atoms with van der Waals surface area (Å²) >= 11 is 0. The van der Waals surface area contributed by atoms with E-state index in [1.54, 1.807) is 24.4 Å². The molecule has 0 atom stereocenters. The van der Waals surface area contributed by atoms with E-state index in [4.69, 9.17) is 4.74 Å². The first kappa shape index (κ1) is 19.4. The quantitative estimate of drug-likeness (QED) is 0.734. The Labute approximate surface area is 154 Å². The van der Waals surface area contributed by atoms with Crippen molar-refractivity contribution in [3.05, 3.63) is 59.9 Å². The average molecular weight is 355 g/mol. The van der Waals surface area contributed by atoms with Crippen molar-refractivity contribution in [3.63, 3.8) is 0 Å². The van der Waals surface area contributed by atoms with Crippen LogP contribution in [-0.4, -0.2) is 48.4 Å². The van der Waals surface area contributed by atoms with Gasteiger partial charge in [0, 0.05) is 32.0 Å². The van der Waals surface area contributed by atoms with Crippen molar-refractivity contribution in [2.24, 2.45) is 0 Å². The molecule has 2 amide bonds. The fourth-order valence-corrected chi connectivity index (χ4v) is 2.55. The number of benzene rings is 1. The molecule has 0 aliphatic rings. The number of amides is 2. The molecule has 2 aromatic rings. The van der Waals surface area contributed by atoms with E-state index in [2.05, 4.69) is 10.3 Å². The zero-order chi connectivity index (χ0) is 18.8. The van der Waals surface area contributed by atoms with Gasteiger partial charge in [-0.3, -0.25) is 14.6 Å². The molecule has 0 unspecified atom stereocenters. The summed E-state index contributed by atoms with van der Waals surface area (Å²) in [5.41, 5.74) is 2.16. The van der Waals surface area contributed by atoms with Gasteiger partial charge >= 0.3 is 11.8 Å². The molecule has 1 aromatic carbocycles. The Kier molecular flexibility index (Phi) is 7.61. The molecule has 1 N–H and O–H groups in total. The lowest BCUT2D eigenvalue weighted by Gasteiger charge is -2.20. The monoisotopic (exact) mass is 355 g/mol. The second kappa shape index (κ2) is 10.2. The van der Waals surface area contributed by atoms with Gasteiger partial charge in [-0.2, -0.15) is 0 Å². The van der Waals surface area contributed by atoms with Crippen molar-refractivity contribution < 1.29 is 14.3 Å². The highest BCUT2D eigenvalue weighted by molar-refractivity contribution is 6.35. The van der Waals surface area contributed by atoms with Gasteiger partial charge in [-0.25, -0.2) is 0 Å².